The minimum atomic E-state index is -3.58. The van der Waals surface area contributed by atoms with E-state index in [1.54, 1.807) is 16.4 Å². The molecule has 1 aliphatic rings. The molecule has 0 spiro atoms. The van der Waals surface area contributed by atoms with Crippen molar-refractivity contribution >= 4 is 15.7 Å². The Kier molecular flexibility index (Phi) is 3.85. The van der Waals surface area contributed by atoms with Gasteiger partial charge in [0.2, 0.25) is 0 Å². The molecule has 3 aromatic carbocycles. The lowest BCUT2D eigenvalue weighted by atomic mass is 9.93. The first-order chi connectivity index (χ1) is 12.1. The molecule has 4 heteroatoms. The van der Waals surface area contributed by atoms with Crippen molar-refractivity contribution in [2.75, 3.05) is 10.8 Å². The van der Waals surface area contributed by atoms with Gasteiger partial charge in [0.05, 0.1) is 10.6 Å². The number of sulfonamides is 1. The van der Waals surface area contributed by atoms with Crippen molar-refractivity contribution in [2.45, 2.75) is 17.7 Å². The highest BCUT2D eigenvalue weighted by Gasteiger charge is 2.36. The molecule has 0 fully saturated rings. The Morgan fingerprint density at radius 1 is 0.840 bits per heavy atom. The SMILES string of the molecule is Cc1ccc(S(=O)(=O)N2C[C@H](c3ccccc3)c3ccccc32)cc1. The van der Waals surface area contributed by atoms with E-state index in [1.165, 1.54) is 0 Å². The van der Waals surface area contributed by atoms with Crippen molar-refractivity contribution in [3.05, 3.63) is 95.6 Å². The molecule has 0 aliphatic carbocycles. The summed E-state index contributed by atoms with van der Waals surface area (Å²) >= 11 is 0. The normalized spacial score (nSPS) is 16.7. The maximum Gasteiger partial charge on any atom is 0.264 e. The summed E-state index contributed by atoms with van der Waals surface area (Å²) < 4.78 is 28.0. The Balaban J connectivity index is 1.80. The van der Waals surface area contributed by atoms with Crippen LogP contribution in [0.25, 0.3) is 0 Å². The standard InChI is InChI=1S/C21H19NO2S/c1-16-11-13-18(14-12-16)25(23,24)22-15-20(17-7-3-2-4-8-17)19-9-5-6-10-21(19)22/h2-14,20H,15H2,1H3/t20-/m1/s1. The number of aryl methyl sites for hydroxylation is 1. The summed E-state index contributed by atoms with van der Waals surface area (Å²) in [6.45, 7) is 2.38. The molecular formula is C21H19NO2S. The molecule has 4 rings (SSSR count). The van der Waals surface area contributed by atoms with Crippen molar-refractivity contribution in [3.63, 3.8) is 0 Å². The summed E-state index contributed by atoms with van der Waals surface area (Å²) in [7, 11) is -3.58. The smallest absolute Gasteiger partial charge is 0.264 e. The fourth-order valence-electron chi connectivity index (χ4n) is 3.41. The second-order valence-electron chi connectivity index (χ2n) is 6.37. The Labute approximate surface area is 148 Å². The molecule has 0 aromatic heterocycles. The lowest BCUT2D eigenvalue weighted by molar-refractivity contribution is 0.591. The zero-order valence-corrected chi connectivity index (χ0v) is 14.8. The monoisotopic (exact) mass is 349 g/mol. The minimum Gasteiger partial charge on any atom is -0.265 e. The van der Waals surface area contributed by atoms with Crippen molar-refractivity contribution in [1.82, 2.24) is 0 Å². The molecule has 3 aromatic rings. The van der Waals surface area contributed by atoms with Gasteiger partial charge in [-0.3, -0.25) is 4.31 Å². The van der Waals surface area contributed by atoms with Gasteiger partial charge >= 0.3 is 0 Å². The first-order valence-corrected chi connectivity index (χ1v) is 9.74. The first kappa shape index (κ1) is 15.9. The largest absolute Gasteiger partial charge is 0.265 e. The van der Waals surface area contributed by atoms with Gasteiger partial charge < -0.3 is 0 Å². The lowest BCUT2D eigenvalue weighted by Gasteiger charge is -2.20. The summed E-state index contributed by atoms with van der Waals surface area (Å²) in [5.74, 6) is 0.0534. The van der Waals surface area contributed by atoms with Crippen LogP contribution in [0.1, 0.15) is 22.6 Å². The zero-order valence-electron chi connectivity index (χ0n) is 14.0. The van der Waals surface area contributed by atoms with Gasteiger partial charge in [-0.15, -0.1) is 0 Å². The van der Waals surface area contributed by atoms with Crippen LogP contribution < -0.4 is 4.31 Å². The molecule has 0 saturated carbocycles. The van der Waals surface area contributed by atoms with E-state index in [4.69, 9.17) is 0 Å². The second kappa shape index (κ2) is 6.05. The predicted octanol–water partition coefficient (Wildman–Crippen LogP) is 4.34. The number of hydrogen-bond donors (Lipinski definition) is 0. The summed E-state index contributed by atoms with van der Waals surface area (Å²) in [5.41, 5.74) is 4.01. The summed E-state index contributed by atoms with van der Waals surface area (Å²) in [4.78, 5) is 0.335. The third kappa shape index (κ3) is 2.72. The van der Waals surface area contributed by atoms with Gasteiger partial charge in [-0.2, -0.15) is 0 Å². The van der Waals surface area contributed by atoms with E-state index in [-0.39, 0.29) is 5.92 Å². The molecule has 0 N–H and O–H groups in total. The van der Waals surface area contributed by atoms with E-state index in [1.807, 2.05) is 61.5 Å². The van der Waals surface area contributed by atoms with Crippen molar-refractivity contribution in [3.8, 4) is 0 Å². The van der Waals surface area contributed by atoms with Gasteiger partial charge in [-0.05, 0) is 36.2 Å². The summed E-state index contributed by atoms with van der Waals surface area (Å²) in [6, 6.07) is 24.9. The molecule has 0 unspecified atom stereocenters. The maximum atomic E-state index is 13.2. The Morgan fingerprint density at radius 2 is 1.48 bits per heavy atom. The van der Waals surface area contributed by atoms with Crippen LogP contribution in [-0.4, -0.2) is 15.0 Å². The summed E-state index contributed by atoms with van der Waals surface area (Å²) in [6.07, 6.45) is 0. The van der Waals surface area contributed by atoms with Crippen LogP contribution >= 0.6 is 0 Å². The quantitative estimate of drug-likeness (QED) is 0.705. The van der Waals surface area contributed by atoms with Crippen LogP contribution in [0.2, 0.25) is 0 Å². The number of anilines is 1. The fraction of sp³-hybridized carbons (Fsp3) is 0.143. The Morgan fingerprint density at radius 3 is 2.20 bits per heavy atom. The van der Waals surface area contributed by atoms with Crippen LogP contribution in [0.15, 0.2) is 83.8 Å². The molecule has 3 nitrogen and oxygen atoms in total. The third-order valence-electron chi connectivity index (χ3n) is 4.74. The van der Waals surface area contributed by atoms with Crippen LogP contribution in [0.5, 0.6) is 0 Å². The van der Waals surface area contributed by atoms with Gasteiger partial charge in [0.15, 0.2) is 0 Å². The molecule has 25 heavy (non-hydrogen) atoms. The van der Waals surface area contributed by atoms with Crippen molar-refractivity contribution in [2.24, 2.45) is 0 Å². The topological polar surface area (TPSA) is 37.4 Å². The minimum absolute atomic E-state index is 0.0534. The number of nitrogens with zero attached hydrogens (tertiary/aromatic N) is 1. The maximum absolute atomic E-state index is 13.2. The third-order valence-corrected chi connectivity index (χ3v) is 6.53. The van der Waals surface area contributed by atoms with Gasteiger partial charge in [-0.25, -0.2) is 8.42 Å². The highest BCUT2D eigenvalue weighted by Crippen LogP contribution is 2.42. The zero-order chi connectivity index (χ0) is 17.4. The summed E-state index contributed by atoms with van der Waals surface area (Å²) in [5, 5.41) is 0. The van der Waals surface area contributed by atoms with Crippen LogP contribution in [-0.2, 0) is 10.0 Å². The highest BCUT2D eigenvalue weighted by atomic mass is 32.2. The van der Waals surface area contributed by atoms with Crippen LogP contribution in [0, 0.1) is 6.92 Å². The average Bonchev–Trinajstić information content (AvgIpc) is 3.03. The Hall–Kier alpha value is -2.59. The first-order valence-electron chi connectivity index (χ1n) is 8.30. The number of rotatable bonds is 3. The van der Waals surface area contributed by atoms with E-state index >= 15 is 0 Å². The number of hydrogen-bond acceptors (Lipinski definition) is 2. The predicted molar refractivity (Wildman–Crippen MR) is 100 cm³/mol. The number of para-hydroxylation sites is 1. The van der Waals surface area contributed by atoms with Gasteiger partial charge in [0.1, 0.15) is 0 Å². The molecule has 1 aliphatic heterocycles. The number of benzene rings is 3. The molecule has 0 bridgehead atoms. The molecule has 0 amide bonds. The van der Waals surface area contributed by atoms with Gasteiger partial charge in [-0.1, -0.05) is 66.2 Å². The Bertz CT molecular complexity index is 996. The van der Waals surface area contributed by atoms with E-state index in [2.05, 4.69) is 12.1 Å². The van der Waals surface area contributed by atoms with Crippen molar-refractivity contribution in [1.29, 1.82) is 0 Å². The molecule has 126 valence electrons. The molecule has 1 atom stereocenters. The molecule has 0 saturated heterocycles. The number of fused-ring (bicyclic) bond motifs is 1. The van der Waals surface area contributed by atoms with Gasteiger partial charge in [0.25, 0.3) is 10.0 Å². The second-order valence-corrected chi connectivity index (χ2v) is 8.23. The van der Waals surface area contributed by atoms with E-state index in [0.29, 0.717) is 11.4 Å². The van der Waals surface area contributed by atoms with E-state index in [0.717, 1.165) is 22.4 Å². The van der Waals surface area contributed by atoms with E-state index < -0.39 is 10.0 Å². The molecule has 0 radical (unpaired) electrons. The van der Waals surface area contributed by atoms with E-state index in [9.17, 15) is 8.42 Å². The highest BCUT2D eigenvalue weighted by molar-refractivity contribution is 7.92. The average molecular weight is 349 g/mol. The lowest BCUT2D eigenvalue weighted by Crippen LogP contribution is -2.30. The van der Waals surface area contributed by atoms with Crippen LogP contribution in [0.4, 0.5) is 5.69 Å². The van der Waals surface area contributed by atoms with Crippen LogP contribution in [0.3, 0.4) is 0 Å². The van der Waals surface area contributed by atoms with Gasteiger partial charge in [0, 0.05) is 12.5 Å². The van der Waals surface area contributed by atoms with Crippen molar-refractivity contribution < 1.29 is 8.42 Å². The fourth-order valence-corrected chi connectivity index (χ4v) is 4.91. The molecular weight excluding hydrogens is 330 g/mol. The molecule has 1 heterocycles.